The van der Waals surface area contributed by atoms with E-state index in [2.05, 4.69) is 17.0 Å². The molecule has 1 saturated heterocycles. The molecule has 0 spiro atoms. The molecule has 3 aromatic carbocycles. The van der Waals surface area contributed by atoms with Gasteiger partial charge in [0.1, 0.15) is 5.75 Å². The Hall–Kier alpha value is -3.86. The number of hydrogen-bond acceptors (Lipinski definition) is 4. The van der Waals surface area contributed by atoms with Gasteiger partial charge in [-0.15, -0.1) is 0 Å². The number of anilines is 1. The molecule has 0 N–H and O–H groups in total. The number of amides is 1. The van der Waals surface area contributed by atoms with Crippen molar-refractivity contribution in [2.24, 2.45) is 0 Å². The zero-order valence-corrected chi connectivity index (χ0v) is 19.0. The number of carbonyl (C=O) groups excluding carboxylic acids is 1. The molecule has 0 saturated carbocycles. The lowest BCUT2D eigenvalue weighted by atomic mass is 10.0. The van der Waals surface area contributed by atoms with E-state index in [-0.39, 0.29) is 5.91 Å². The highest BCUT2D eigenvalue weighted by Gasteiger charge is 2.25. The van der Waals surface area contributed by atoms with Crippen molar-refractivity contribution in [3.8, 4) is 17.0 Å². The predicted molar refractivity (Wildman–Crippen MR) is 133 cm³/mol. The Morgan fingerprint density at radius 1 is 0.879 bits per heavy atom. The van der Waals surface area contributed by atoms with Crippen LogP contribution in [0.25, 0.3) is 22.2 Å². The van der Waals surface area contributed by atoms with E-state index in [0.29, 0.717) is 18.7 Å². The molecule has 0 atom stereocenters. The van der Waals surface area contributed by atoms with E-state index in [1.165, 1.54) is 0 Å². The van der Waals surface area contributed by atoms with Crippen LogP contribution in [-0.4, -0.2) is 49.1 Å². The highest BCUT2D eigenvalue weighted by molar-refractivity contribution is 6.07. The first-order valence-electron chi connectivity index (χ1n) is 11.3. The summed E-state index contributed by atoms with van der Waals surface area (Å²) in [5.74, 6) is 0.922. The first kappa shape index (κ1) is 21.0. The third-order valence-corrected chi connectivity index (χ3v) is 6.26. The first-order valence-corrected chi connectivity index (χ1v) is 11.3. The third-order valence-electron chi connectivity index (χ3n) is 6.26. The number of rotatable bonds is 4. The lowest BCUT2D eigenvalue weighted by molar-refractivity contribution is 0.0748. The second-order valence-electron chi connectivity index (χ2n) is 8.39. The van der Waals surface area contributed by atoms with E-state index in [9.17, 15) is 4.79 Å². The molecule has 5 nitrogen and oxygen atoms in total. The van der Waals surface area contributed by atoms with Crippen LogP contribution in [0.4, 0.5) is 5.69 Å². The van der Waals surface area contributed by atoms with Gasteiger partial charge in [0.05, 0.1) is 29.6 Å². The van der Waals surface area contributed by atoms with Crippen LogP contribution in [0.2, 0.25) is 0 Å². The first-order chi connectivity index (χ1) is 16.1. The normalized spacial score (nSPS) is 13.9. The molecule has 5 rings (SSSR count). The van der Waals surface area contributed by atoms with Crippen LogP contribution in [0.5, 0.6) is 5.75 Å². The van der Waals surface area contributed by atoms with Crippen LogP contribution in [0.15, 0.2) is 78.9 Å². The van der Waals surface area contributed by atoms with Gasteiger partial charge in [-0.25, -0.2) is 4.98 Å². The maximum atomic E-state index is 13.7. The number of pyridine rings is 1. The lowest BCUT2D eigenvalue weighted by Crippen LogP contribution is -2.49. The van der Waals surface area contributed by atoms with Gasteiger partial charge in [0.15, 0.2) is 0 Å². The molecular formula is C28H27N3O2. The Morgan fingerprint density at radius 3 is 2.36 bits per heavy atom. The Morgan fingerprint density at radius 2 is 1.61 bits per heavy atom. The average Bonchev–Trinajstić information content (AvgIpc) is 2.88. The largest absolute Gasteiger partial charge is 0.495 e. The number of para-hydroxylation sites is 2. The van der Waals surface area contributed by atoms with Gasteiger partial charge in [0.25, 0.3) is 5.91 Å². The quantitative estimate of drug-likeness (QED) is 0.441. The minimum atomic E-state index is 0.0601. The topological polar surface area (TPSA) is 45.7 Å². The Balaban J connectivity index is 1.45. The maximum absolute atomic E-state index is 13.7. The number of ether oxygens (including phenoxy) is 1. The molecule has 0 aliphatic carbocycles. The summed E-state index contributed by atoms with van der Waals surface area (Å²) in [7, 11) is 1.69. The molecule has 1 aliphatic heterocycles. The number of aromatic nitrogens is 1. The predicted octanol–water partition coefficient (Wildman–Crippen LogP) is 5.18. The Kier molecular flexibility index (Phi) is 5.69. The number of hydrogen-bond donors (Lipinski definition) is 0. The van der Waals surface area contributed by atoms with Crippen LogP contribution < -0.4 is 9.64 Å². The number of aryl methyl sites for hydroxylation is 1. The summed E-state index contributed by atoms with van der Waals surface area (Å²) >= 11 is 0. The summed E-state index contributed by atoms with van der Waals surface area (Å²) in [5.41, 5.74) is 5.58. The van der Waals surface area contributed by atoms with Crippen molar-refractivity contribution in [2.45, 2.75) is 6.92 Å². The standard InChI is InChI=1S/C28H27N3O2/c1-20-12-13-24-22(18-20)23(19-25(29-24)21-8-4-3-5-9-21)28(32)31-16-14-30(15-17-31)26-10-6-7-11-27(26)33-2/h3-13,18-19H,14-17H2,1-2H3. The van der Waals surface area contributed by atoms with E-state index in [1.807, 2.05) is 78.6 Å². The Bertz CT molecular complexity index is 1300. The molecule has 4 aromatic rings. The number of benzene rings is 3. The SMILES string of the molecule is COc1ccccc1N1CCN(C(=O)c2cc(-c3ccccc3)nc3ccc(C)cc23)CC1. The number of fused-ring (bicyclic) bond motifs is 1. The second-order valence-corrected chi connectivity index (χ2v) is 8.39. The highest BCUT2D eigenvalue weighted by atomic mass is 16.5. The monoisotopic (exact) mass is 437 g/mol. The average molecular weight is 438 g/mol. The van der Waals surface area contributed by atoms with Gasteiger partial charge >= 0.3 is 0 Å². The van der Waals surface area contributed by atoms with E-state index in [0.717, 1.165) is 52.3 Å². The molecule has 33 heavy (non-hydrogen) atoms. The van der Waals surface area contributed by atoms with Crippen LogP contribution in [-0.2, 0) is 0 Å². The fourth-order valence-electron chi connectivity index (χ4n) is 4.49. The minimum Gasteiger partial charge on any atom is -0.495 e. The summed E-state index contributed by atoms with van der Waals surface area (Å²) in [4.78, 5) is 22.8. The molecule has 1 aliphatic rings. The fraction of sp³-hybridized carbons (Fsp3) is 0.214. The molecule has 0 radical (unpaired) electrons. The van der Waals surface area contributed by atoms with Gasteiger partial charge in [-0.05, 0) is 37.3 Å². The molecule has 1 fully saturated rings. The van der Waals surface area contributed by atoms with Crippen LogP contribution in [0.3, 0.4) is 0 Å². The molecule has 1 amide bonds. The third kappa shape index (κ3) is 4.14. The van der Waals surface area contributed by atoms with Crippen molar-refractivity contribution in [1.82, 2.24) is 9.88 Å². The van der Waals surface area contributed by atoms with Gasteiger partial charge in [-0.1, -0.05) is 54.1 Å². The van der Waals surface area contributed by atoms with Crippen LogP contribution >= 0.6 is 0 Å². The number of nitrogens with zero attached hydrogens (tertiary/aromatic N) is 3. The molecule has 0 bridgehead atoms. The maximum Gasteiger partial charge on any atom is 0.254 e. The van der Waals surface area contributed by atoms with Crippen molar-refractivity contribution in [3.63, 3.8) is 0 Å². The second kappa shape index (κ2) is 8.94. The van der Waals surface area contributed by atoms with Crippen molar-refractivity contribution in [2.75, 3.05) is 38.2 Å². The fourth-order valence-corrected chi connectivity index (χ4v) is 4.49. The number of piperazine rings is 1. The smallest absolute Gasteiger partial charge is 0.254 e. The number of methoxy groups -OCH3 is 1. The van der Waals surface area contributed by atoms with Crippen molar-refractivity contribution >= 4 is 22.5 Å². The molecule has 0 unspecified atom stereocenters. The van der Waals surface area contributed by atoms with Gasteiger partial charge in [0.2, 0.25) is 0 Å². The van der Waals surface area contributed by atoms with E-state index in [4.69, 9.17) is 9.72 Å². The van der Waals surface area contributed by atoms with Crippen molar-refractivity contribution < 1.29 is 9.53 Å². The van der Waals surface area contributed by atoms with Gasteiger partial charge < -0.3 is 14.5 Å². The summed E-state index contributed by atoms with van der Waals surface area (Å²) < 4.78 is 5.53. The molecule has 1 aromatic heterocycles. The summed E-state index contributed by atoms with van der Waals surface area (Å²) in [6.07, 6.45) is 0. The molecule has 5 heteroatoms. The minimum absolute atomic E-state index is 0.0601. The molecular weight excluding hydrogens is 410 g/mol. The van der Waals surface area contributed by atoms with E-state index >= 15 is 0 Å². The van der Waals surface area contributed by atoms with Gasteiger partial charge in [-0.2, -0.15) is 0 Å². The Labute approximate surface area is 194 Å². The molecule has 166 valence electrons. The van der Waals surface area contributed by atoms with Crippen LogP contribution in [0, 0.1) is 6.92 Å². The molecule has 2 heterocycles. The summed E-state index contributed by atoms with van der Waals surface area (Å²) in [6, 6.07) is 26.1. The summed E-state index contributed by atoms with van der Waals surface area (Å²) in [5, 5.41) is 0.909. The van der Waals surface area contributed by atoms with Gasteiger partial charge in [-0.3, -0.25) is 4.79 Å². The summed E-state index contributed by atoms with van der Waals surface area (Å²) in [6.45, 7) is 4.89. The van der Waals surface area contributed by atoms with Crippen molar-refractivity contribution in [3.05, 3.63) is 90.0 Å². The van der Waals surface area contributed by atoms with Crippen LogP contribution in [0.1, 0.15) is 15.9 Å². The number of carbonyl (C=O) groups is 1. The van der Waals surface area contributed by atoms with E-state index < -0.39 is 0 Å². The zero-order valence-electron chi connectivity index (χ0n) is 19.0. The highest BCUT2D eigenvalue weighted by Crippen LogP contribution is 2.30. The zero-order chi connectivity index (χ0) is 22.8. The van der Waals surface area contributed by atoms with Gasteiger partial charge in [0, 0.05) is 37.1 Å². The van der Waals surface area contributed by atoms with Crippen molar-refractivity contribution in [1.29, 1.82) is 0 Å². The lowest BCUT2D eigenvalue weighted by Gasteiger charge is -2.36. The van der Waals surface area contributed by atoms with E-state index in [1.54, 1.807) is 7.11 Å².